The van der Waals surface area contributed by atoms with E-state index >= 15 is 0 Å². The number of carbonyl (C=O) groups excluding carboxylic acids is 1. The van der Waals surface area contributed by atoms with Gasteiger partial charge < -0.3 is 10.6 Å². The molecule has 2 N–H and O–H groups in total. The van der Waals surface area contributed by atoms with Gasteiger partial charge in [-0.25, -0.2) is 0 Å². The average Bonchev–Trinajstić information content (AvgIpc) is 2.30. The lowest BCUT2D eigenvalue weighted by atomic mass is 10.1. The molecule has 1 atom stereocenters. The molecule has 0 bridgehead atoms. The fourth-order valence-corrected chi connectivity index (χ4v) is 1.46. The molecule has 0 saturated carbocycles. The molecule has 0 radical (unpaired) electrons. The number of allylic oxidation sites excluding steroid dienone is 1. The Balaban J connectivity index is 3.80. The average molecular weight is 226 g/mol. The van der Waals surface area contributed by atoms with Gasteiger partial charge in [0.25, 0.3) is 0 Å². The molecule has 0 aliphatic carbocycles. The molecule has 0 fully saturated rings. The quantitative estimate of drug-likeness (QED) is 0.492. The lowest BCUT2D eigenvalue weighted by Gasteiger charge is -2.19. The van der Waals surface area contributed by atoms with Crippen LogP contribution >= 0.6 is 0 Å². The van der Waals surface area contributed by atoms with Crippen molar-refractivity contribution in [3.8, 4) is 0 Å². The molecule has 0 aromatic rings. The zero-order valence-corrected chi connectivity index (χ0v) is 11.0. The highest BCUT2D eigenvalue weighted by Crippen LogP contribution is 1.97. The van der Waals surface area contributed by atoms with Gasteiger partial charge in [-0.05, 0) is 39.7 Å². The summed E-state index contributed by atoms with van der Waals surface area (Å²) in [6, 6.07) is 0.207. The molecular weight excluding hydrogens is 200 g/mol. The van der Waals surface area contributed by atoms with Gasteiger partial charge in [-0.2, -0.15) is 0 Å². The lowest BCUT2D eigenvalue weighted by molar-refractivity contribution is -0.123. The van der Waals surface area contributed by atoms with Gasteiger partial charge in [0, 0.05) is 6.04 Å². The van der Waals surface area contributed by atoms with Crippen LogP contribution in [0.4, 0.5) is 0 Å². The monoisotopic (exact) mass is 226 g/mol. The molecule has 0 aliphatic rings. The van der Waals surface area contributed by atoms with Gasteiger partial charge in [-0.15, -0.1) is 0 Å². The van der Waals surface area contributed by atoms with E-state index in [9.17, 15) is 4.79 Å². The first-order valence-corrected chi connectivity index (χ1v) is 6.30. The zero-order valence-electron chi connectivity index (χ0n) is 11.0. The topological polar surface area (TPSA) is 41.1 Å². The van der Waals surface area contributed by atoms with Crippen molar-refractivity contribution in [1.29, 1.82) is 0 Å². The Hall–Kier alpha value is -0.830. The smallest absolute Gasteiger partial charge is 0.237 e. The molecule has 16 heavy (non-hydrogen) atoms. The van der Waals surface area contributed by atoms with Crippen LogP contribution in [0.3, 0.4) is 0 Å². The fraction of sp³-hybridized carbons (Fsp3) is 0.769. The fourth-order valence-electron chi connectivity index (χ4n) is 1.46. The standard InChI is InChI=1S/C13H26N2O/c1-5-8-9-10-14-11(4)13(16)15-12(6-2)7-3/h5,8,11-12,14H,6-7,9-10H2,1-4H3,(H,15,16)/b8-5+. The Labute approximate surface area is 99.7 Å². The molecule has 0 saturated heterocycles. The summed E-state index contributed by atoms with van der Waals surface area (Å²) in [5.41, 5.74) is 0. The minimum Gasteiger partial charge on any atom is -0.352 e. The highest BCUT2D eigenvalue weighted by atomic mass is 16.2. The van der Waals surface area contributed by atoms with Crippen molar-refractivity contribution in [2.24, 2.45) is 0 Å². The van der Waals surface area contributed by atoms with Crippen molar-refractivity contribution in [3.05, 3.63) is 12.2 Å². The molecule has 94 valence electrons. The molecule has 3 heteroatoms. The van der Waals surface area contributed by atoms with Crippen molar-refractivity contribution in [1.82, 2.24) is 10.6 Å². The van der Waals surface area contributed by atoms with E-state index in [1.54, 1.807) is 0 Å². The highest BCUT2D eigenvalue weighted by molar-refractivity contribution is 5.81. The van der Waals surface area contributed by atoms with Crippen molar-refractivity contribution in [2.45, 2.75) is 59.0 Å². The van der Waals surface area contributed by atoms with Crippen molar-refractivity contribution in [3.63, 3.8) is 0 Å². The van der Waals surface area contributed by atoms with Gasteiger partial charge in [0.1, 0.15) is 0 Å². The van der Waals surface area contributed by atoms with Crippen LogP contribution in [0.1, 0.15) is 47.0 Å². The Morgan fingerprint density at radius 2 is 1.94 bits per heavy atom. The van der Waals surface area contributed by atoms with Crippen LogP contribution < -0.4 is 10.6 Å². The van der Waals surface area contributed by atoms with Crippen LogP contribution in [-0.4, -0.2) is 24.5 Å². The molecule has 0 aromatic carbocycles. The molecule has 3 nitrogen and oxygen atoms in total. The predicted octanol–water partition coefficient (Wildman–Crippen LogP) is 2.24. The zero-order chi connectivity index (χ0) is 12.4. The van der Waals surface area contributed by atoms with E-state index in [1.165, 1.54) is 0 Å². The minimum absolute atomic E-state index is 0.106. The molecule has 1 unspecified atom stereocenters. The van der Waals surface area contributed by atoms with Crippen LogP contribution in [0.15, 0.2) is 12.2 Å². The number of rotatable bonds is 8. The Kier molecular flexibility index (Phi) is 8.91. The number of amides is 1. The van der Waals surface area contributed by atoms with Gasteiger partial charge >= 0.3 is 0 Å². The summed E-state index contributed by atoms with van der Waals surface area (Å²) in [5.74, 6) is 0.106. The third kappa shape index (κ3) is 6.62. The molecule has 0 spiro atoms. The summed E-state index contributed by atoms with van der Waals surface area (Å²) >= 11 is 0. The first kappa shape index (κ1) is 15.2. The Bertz CT molecular complexity index is 210. The molecular formula is C13H26N2O. The highest BCUT2D eigenvalue weighted by Gasteiger charge is 2.14. The molecule has 0 aromatic heterocycles. The molecule has 0 heterocycles. The Morgan fingerprint density at radius 1 is 1.31 bits per heavy atom. The van der Waals surface area contributed by atoms with E-state index in [2.05, 4.69) is 30.6 Å². The SMILES string of the molecule is C/C=C/CCNC(C)C(=O)NC(CC)CC. The predicted molar refractivity (Wildman–Crippen MR) is 69.4 cm³/mol. The normalized spacial score (nSPS) is 13.3. The second-order valence-corrected chi connectivity index (χ2v) is 4.06. The van der Waals surface area contributed by atoms with E-state index in [-0.39, 0.29) is 11.9 Å². The van der Waals surface area contributed by atoms with E-state index < -0.39 is 0 Å². The number of carbonyl (C=O) groups is 1. The summed E-state index contributed by atoms with van der Waals surface area (Å²) < 4.78 is 0. The first-order valence-electron chi connectivity index (χ1n) is 6.30. The van der Waals surface area contributed by atoms with E-state index in [4.69, 9.17) is 0 Å². The third-order valence-corrected chi connectivity index (χ3v) is 2.72. The second kappa shape index (κ2) is 9.40. The van der Waals surface area contributed by atoms with Gasteiger partial charge in [-0.1, -0.05) is 26.0 Å². The maximum Gasteiger partial charge on any atom is 0.237 e. The summed E-state index contributed by atoms with van der Waals surface area (Å²) in [5, 5.41) is 6.25. The van der Waals surface area contributed by atoms with Crippen LogP contribution in [0, 0.1) is 0 Å². The third-order valence-electron chi connectivity index (χ3n) is 2.72. The Morgan fingerprint density at radius 3 is 2.44 bits per heavy atom. The maximum atomic E-state index is 11.7. The largest absolute Gasteiger partial charge is 0.352 e. The van der Waals surface area contributed by atoms with E-state index in [0.717, 1.165) is 25.8 Å². The summed E-state index contributed by atoms with van der Waals surface area (Å²) in [4.78, 5) is 11.7. The second-order valence-electron chi connectivity index (χ2n) is 4.06. The number of hydrogen-bond acceptors (Lipinski definition) is 2. The van der Waals surface area contributed by atoms with E-state index in [0.29, 0.717) is 6.04 Å². The van der Waals surface area contributed by atoms with E-state index in [1.807, 2.05) is 19.9 Å². The van der Waals surface area contributed by atoms with Crippen LogP contribution in [-0.2, 0) is 4.79 Å². The summed E-state index contributed by atoms with van der Waals surface area (Å²) in [7, 11) is 0. The summed E-state index contributed by atoms with van der Waals surface area (Å²) in [6.07, 6.45) is 7.08. The maximum absolute atomic E-state index is 11.7. The molecule has 0 aliphatic heterocycles. The van der Waals surface area contributed by atoms with Crippen molar-refractivity contribution in [2.75, 3.05) is 6.54 Å². The number of nitrogens with one attached hydrogen (secondary N) is 2. The van der Waals surface area contributed by atoms with Crippen LogP contribution in [0.25, 0.3) is 0 Å². The van der Waals surface area contributed by atoms with Gasteiger partial charge in [0.2, 0.25) is 5.91 Å². The molecule has 1 amide bonds. The minimum atomic E-state index is -0.106. The molecule has 0 rings (SSSR count). The van der Waals surface area contributed by atoms with Crippen molar-refractivity contribution < 1.29 is 4.79 Å². The van der Waals surface area contributed by atoms with Crippen molar-refractivity contribution >= 4 is 5.91 Å². The van der Waals surface area contributed by atoms with Crippen LogP contribution in [0.5, 0.6) is 0 Å². The van der Waals surface area contributed by atoms with Gasteiger partial charge in [-0.3, -0.25) is 4.79 Å². The van der Waals surface area contributed by atoms with Gasteiger partial charge in [0.05, 0.1) is 6.04 Å². The van der Waals surface area contributed by atoms with Crippen LogP contribution in [0.2, 0.25) is 0 Å². The first-order chi connectivity index (χ1) is 7.65. The number of hydrogen-bond donors (Lipinski definition) is 2. The van der Waals surface area contributed by atoms with Gasteiger partial charge in [0.15, 0.2) is 0 Å². The summed E-state index contributed by atoms with van der Waals surface area (Å²) in [6.45, 7) is 8.95. The lowest BCUT2D eigenvalue weighted by Crippen LogP contribution is -2.46.